The van der Waals surface area contributed by atoms with Gasteiger partial charge in [-0.2, -0.15) is 4.31 Å². The maximum absolute atomic E-state index is 13.8. The Morgan fingerprint density at radius 2 is 1.83 bits per heavy atom. The van der Waals surface area contributed by atoms with Crippen LogP contribution in [0.3, 0.4) is 0 Å². The molecule has 1 N–H and O–H groups in total. The van der Waals surface area contributed by atoms with Crippen molar-refractivity contribution >= 4 is 27.5 Å². The molecule has 3 aromatic rings. The molecule has 6 rings (SSSR count). The van der Waals surface area contributed by atoms with E-state index in [4.69, 9.17) is 11.6 Å². The smallest absolute Gasteiger partial charge is 0.243 e. The van der Waals surface area contributed by atoms with Gasteiger partial charge < -0.3 is 9.88 Å². The average molecular weight is 595 g/mol. The van der Waals surface area contributed by atoms with Crippen LogP contribution in [0.15, 0.2) is 59.6 Å². The summed E-state index contributed by atoms with van der Waals surface area (Å²) in [4.78, 5) is 16.1. The molecule has 1 aliphatic carbocycles. The van der Waals surface area contributed by atoms with Crippen molar-refractivity contribution in [1.82, 2.24) is 19.1 Å². The zero-order valence-corrected chi connectivity index (χ0v) is 25.3. The maximum atomic E-state index is 13.8. The van der Waals surface area contributed by atoms with Crippen LogP contribution in [0.5, 0.6) is 0 Å². The average Bonchev–Trinajstić information content (AvgIpc) is 3.45. The highest BCUT2D eigenvalue weighted by molar-refractivity contribution is 7.89. The molecule has 1 amide bonds. The highest BCUT2D eigenvalue weighted by Crippen LogP contribution is 2.35. The number of sulfonamides is 1. The Kier molecular flexibility index (Phi) is 8.28. The lowest BCUT2D eigenvalue weighted by Gasteiger charge is -2.36. The number of benzene rings is 2. The highest BCUT2D eigenvalue weighted by atomic mass is 35.5. The van der Waals surface area contributed by atoms with Crippen LogP contribution in [0.4, 0.5) is 0 Å². The van der Waals surface area contributed by atoms with Crippen LogP contribution >= 0.6 is 11.6 Å². The molecule has 0 saturated carbocycles. The molecule has 41 heavy (non-hydrogen) atoms. The van der Waals surface area contributed by atoms with Gasteiger partial charge in [-0.1, -0.05) is 42.3 Å². The number of fused-ring (bicyclic) bond motifs is 2. The van der Waals surface area contributed by atoms with Crippen molar-refractivity contribution in [2.75, 3.05) is 19.6 Å². The lowest BCUT2D eigenvalue weighted by molar-refractivity contribution is -0.123. The predicted octanol–water partition coefficient (Wildman–Crippen LogP) is 5.25. The molecule has 0 spiro atoms. The highest BCUT2D eigenvalue weighted by Gasteiger charge is 2.38. The molecule has 218 valence electrons. The van der Waals surface area contributed by atoms with Gasteiger partial charge in [-0.25, -0.2) is 8.42 Å². The van der Waals surface area contributed by atoms with E-state index in [1.807, 2.05) is 29.8 Å². The number of aromatic nitrogens is 1. The first-order chi connectivity index (χ1) is 19.8. The first-order valence-electron chi connectivity index (χ1n) is 14.8. The van der Waals surface area contributed by atoms with Crippen molar-refractivity contribution in [3.8, 4) is 0 Å². The van der Waals surface area contributed by atoms with Crippen molar-refractivity contribution in [2.24, 2.45) is 0 Å². The van der Waals surface area contributed by atoms with E-state index in [-0.39, 0.29) is 23.3 Å². The lowest BCUT2D eigenvalue weighted by atomic mass is 9.87. The molecule has 2 aromatic carbocycles. The molecule has 7 nitrogen and oxygen atoms in total. The third kappa shape index (κ3) is 6.12. The zero-order chi connectivity index (χ0) is 28.6. The van der Waals surface area contributed by atoms with Gasteiger partial charge in [0.25, 0.3) is 0 Å². The van der Waals surface area contributed by atoms with Gasteiger partial charge in [0.2, 0.25) is 15.9 Å². The van der Waals surface area contributed by atoms with E-state index in [0.717, 1.165) is 37.1 Å². The van der Waals surface area contributed by atoms with E-state index in [2.05, 4.69) is 28.4 Å². The van der Waals surface area contributed by atoms with Crippen LogP contribution < -0.4 is 5.32 Å². The molecule has 1 saturated heterocycles. The Morgan fingerprint density at radius 1 is 1.00 bits per heavy atom. The monoisotopic (exact) mass is 594 g/mol. The number of aryl methyl sites for hydroxylation is 2. The van der Waals surface area contributed by atoms with Crippen molar-refractivity contribution in [3.63, 3.8) is 0 Å². The van der Waals surface area contributed by atoms with E-state index >= 15 is 0 Å². The number of likely N-dealkylation sites (tertiary alicyclic amines) is 1. The van der Waals surface area contributed by atoms with Gasteiger partial charge in [0, 0.05) is 49.0 Å². The topological polar surface area (TPSA) is 74.6 Å². The van der Waals surface area contributed by atoms with E-state index < -0.39 is 16.1 Å². The van der Waals surface area contributed by atoms with Crippen LogP contribution in [0.25, 0.3) is 0 Å². The van der Waals surface area contributed by atoms with Crippen LogP contribution in [-0.4, -0.2) is 53.8 Å². The van der Waals surface area contributed by atoms with Gasteiger partial charge in [-0.15, -0.1) is 0 Å². The first-order valence-corrected chi connectivity index (χ1v) is 16.7. The number of rotatable bonds is 7. The van der Waals surface area contributed by atoms with E-state index in [9.17, 15) is 13.2 Å². The minimum Gasteiger partial charge on any atom is -0.353 e. The SMILES string of the molecule is Cc1ccc(S(=O)(=O)N2CCn3cccc3C2CC(=O)NC2CCc3cc(CN4CCCCC4)ccc3C2)cc1Cl. The van der Waals surface area contributed by atoms with Gasteiger partial charge >= 0.3 is 0 Å². The predicted molar refractivity (Wildman–Crippen MR) is 161 cm³/mol. The van der Waals surface area contributed by atoms with Crippen molar-refractivity contribution in [1.29, 1.82) is 0 Å². The van der Waals surface area contributed by atoms with Crippen LogP contribution in [0.2, 0.25) is 5.02 Å². The summed E-state index contributed by atoms with van der Waals surface area (Å²) < 4.78 is 31.1. The van der Waals surface area contributed by atoms with Crippen LogP contribution in [0.1, 0.15) is 66.1 Å². The van der Waals surface area contributed by atoms with Gasteiger partial charge in [-0.3, -0.25) is 9.69 Å². The van der Waals surface area contributed by atoms with Gasteiger partial charge in [0.15, 0.2) is 0 Å². The molecular weight excluding hydrogens is 556 g/mol. The summed E-state index contributed by atoms with van der Waals surface area (Å²) in [7, 11) is -3.85. The Bertz CT molecular complexity index is 1530. The number of carbonyl (C=O) groups is 1. The quantitative estimate of drug-likeness (QED) is 0.406. The molecule has 9 heteroatoms. The minimum absolute atomic E-state index is 0.0410. The molecule has 3 aliphatic rings. The number of hydrogen-bond acceptors (Lipinski definition) is 4. The Morgan fingerprint density at radius 3 is 2.63 bits per heavy atom. The third-order valence-corrected chi connectivity index (χ3v) is 11.3. The molecule has 1 fully saturated rings. The maximum Gasteiger partial charge on any atom is 0.243 e. The number of nitrogens with zero attached hydrogens (tertiary/aromatic N) is 3. The number of halogens is 1. The molecule has 2 atom stereocenters. The fraction of sp³-hybridized carbons (Fsp3) is 0.469. The van der Waals surface area contributed by atoms with Crippen LogP contribution in [0, 0.1) is 6.92 Å². The van der Waals surface area contributed by atoms with E-state index in [0.29, 0.717) is 18.1 Å². The van der Waals surface area contributed by atoms with Crippen LogP contribution in [-0.2, 0) is 40.7 Å². The molecule has 2 aliphatic heterocycles. The normalized spacial score (nSPS) is 21.7. The summed E-state index contributed by atoms with van der Waals surface area (Å²) in [6.07, 6.45) is 8.58. The summed E-state index contributed by atoms with van der Waals surface area (Å²) >= 11 is 6.29. The van der Waals surface area contributed by atoms with E-state index in [1.54, 1.807) is 12.1 Å². The molecule has 0 bridgehead atoms. The van der Waals surface area contributed by atoms with Crippen molar-refractivity contribution in [3.05, 3.63) is 87.7 Å². The largest absolute Gasteiger partial charge is 0.353 e. The van der Waals surface area contributed by atoms with Gasteiger partial charge in [0.05, 0.1) is 10.9 Å². The minimum atomic E-state index is -3.85. The zero-order valence-electron chi connectivity index (χ0n) is 23.7. The molecule has 0 radical (unpaired) electrons. The summed E-state index contributed by atoms with van der Waals surface area (Å²) in [5.41, 5.74) is 5.73. The second-order valence-corrected chi connectivity index (χ2v) is 14.1. The number of amides is 1. The number of piperidine rings is 1. The van der Waals surface area contributed by atoms with Crippen molar-refractivity contribution in [2.45, 2.75) is 81.9 Å². The fourth-order valence-corrected chi connectivity index (χ4v) is 8.54. The first kappa shape index (κ1) is 28.5. The van der Waals surface area contributed by atoms with Crippen molar-refractivity contribution < 1.29 is 13.2 Å². The summed E-state index contributed by atoms with van der Waals surface area (Å²) in [6, 6.07) is 15.0. The second kappa shape index (κ2) is 11.9. The van der Waals surface area contributed by atoms with Gasteiger partial charge in [-0.05, 0) is 98.6 Å². The summed E-state index contributed by atoms with van der Waals surface area (Å²) in [5, 5.41) is 3.65. The second-order valence-electron chi connectivity index (χ2n) is 11.8. The molecule has 3 heterocycles. The number of nitrogens with one attached hydrogen (secondary N) is 1. The standard InChI is InChI=1S/C32H39ClN4O3S/c1-23-7-12-28(20-29(23)33)41(39,40)37-17-16-36-15-5-6-30(36)31(37)21-32(38)34-27-11-10-25-18-24(8-9-26(25)19-27)22-35-13-3-2-4-14-35/h5-9,12,15,18,20,27,31H,2-4,10-11,13-14,16-17,19,21-22H2,1H3,(H,34,38). The summed E-state index contributed by atoms with van der Waals surface area (Å²) in [6.45, 7) is 6.08. The number of hydrogen-bond donors (Lipinski definition) is 1. The fourth-order valence-electron chi connectivity index (χ4n) is 6.67. The van der Waals surface area contributed by atoms with E-state index in [1.165, 1.54) is 59.4 Å². The summed E-state index contributed by atoms with van der Waals surface area (Å²) in [5.74, 6) is -0.123. The Hall–Kier alpha value is -2.65. The Labute approximate surface area is 248 Å². The molecule has 1 aromatic heterocycles. The lowest BCUT2D eigenvalue weighted by Crippen LogP contribution is -2.45. The molecular formula is C32H39ClN4O3S. The Balaban J connectivity index is 1.14. The molecule has 2 unspecified atom stereocenters. The number of carbonyl (C=O) groups excluding carboxylic acids is 1. The third-order valence-electron chi connectivity index (χ3n) is 8.96. The van der Waals surface area contributed by atoms with Gasteiger partial charge in [0.1, 0.15) is 0 Å².